The molecule has 2 amide bonds. The van der Waals surface area contributed by atoms with Crippen LogP contribution >= 0.6 is 0 Å². The summed E-state index contributed by atoms with van der Waals surface area (Å²) in [6.45, 7) is 2.48. The molecule has 0 spiro atoms. The Morgan fingerprint density at radius 2 is 1.70 bits per heavy atom. The zero-order chi connectivity index (χ0) is 25.6. The molecule has 2 N–H and O–H groups in total. The lowest BCUT2D eigenvalue weighted by molar-refractivity contribution is 0.122. The molecule has 2 aromatic heterocycles. The van der Waals surface area contributed by atoms with Gasteiger partial charge in [-0.3, -0.25) is 9.88 Å². The highest BCUT2D eigenvalue weighted by molar-refractivity contribution is 7.92. The molecule has 37 heavy (non-hydrogen) atoms. The summed E-state index contributed by atoms with van der Waals surface area (Å²) in [7, 11) is -3.69. The van der Waals surface area contributed by atoms with Crippen LogP contribution < -0.4 is 15.5 Å². The van der Waals surface area contributed by atoms with Crippen molar-refractivity contribution in [3.05, 3.63) is 60.6 Å². The zero-order valence-electron chi connectivity index (χ0n) is 20.3. The highest BCUT2D eigenvalue weighted by Crippen LogP contribution is 2.55. The van der Waals surface area contributed by atoms with Gasteiger partial charge in [0.15, 0.2) is 15.7 Å². The normalized spacial score (nSPS) is 18.9. The minimum atomic E-state index is -3.69. The van der Waals surface area contributed by atoms with Gasteiger partial charge in [0.2, 0.25) is 0 Å². The Balaban J connectivity index is 1.42. The van der Waals surface area contributed by atoms with E-state index in [0.29, 0.717) is 56.5 Å². The van der Waals surface area contributed by atoms with E-state index in [-0.39, 0.29) is 10.9 Å². The van der Waals surface area contributed by atoms with Crippen molar-refractivity contribution >= 4 is 27.4 Å². The summed E-state index contributed by atoms with van der Waals surface area (Å²) >= 11 is 0. The maximum atomic E-state index is 13.7. The fourth-order valence-electron chi connectivity index (χ4n) is 4.89. The molecular formula is C26H28N6O4S. The van der Waals surface area contributed by atoms with Gasteiger partial charge in [0.25, 0.3) is 0 Å². The Morgan fingerprint density at radius 1 is 1.03 bits per heavy atom. The minimum Gasteiger partial charge on any atom is -0.378 e. The molecular weight excluding hydrogens is 492 g/mol. The van der Waals surface area contributed by atoms with Crippen molar-refractivity contribution in [3.8, 4) is 11.4 Å². The molecule has 1 saturated heterocycles. The van der Waals surface area contributed by atoms with Gasteiger partial charge in [0.1, 0.15) is 10.6 Å². The Hall–Kier alpha value is -3.57. The number of morpholine rings is 1. The number of carbonyl (C=O) groups excluding carboxylic acids is 1. The fourth-order valence-corrected chi connectivity index (χ4v) is 6.84. The second-order valence-electron chi connectivity index (χ2n) is 9.70. The third-order valence-corrected chi connectivity index (χ3v) is 9.79. The molecule has 1 aliphatic heterocycles. The first kappa shape index (κ1) is 23.8. The van der Waals surface area contributed by atoms with Crippen molar-refractivity contribution in [2.45, 2.75) is 41.4 Å². The average molecular weight is 521 g/mol. The van der Waals surface area contributed by atoms with Crippen LogP contribution in [0.15, 0.2) is 59.8 Å². The summed E-state index contributed by atoms with van der Waals surface area (Å²) in [5, 5.41) is 0. The summed E-state index contributed by atoms with van der Waals surface area (Å²) in [6.07, 6.45) is 5.84. The SMILES string of the molecule is NC(=O)N(c1ccc(-c2nc(N3CCOCC3)cc(C3(S(=O)(=O)c4ccncc4)CC3)n2)cc1)C1CC1. The Labute approximate surface area is 215 Å². The van der Waals surface area contributed by atoms with Crippen molar-refractivity contribution in [2.24, 2.45) is 5.73 Å². The number of pyridine rings is 1. The molecule has 3 aromatic rings. The average Bonchev–Trinajstić information content (AvgIpc) is 3.85. The number of ether oxygens (including phenoxy) is 1. The quantitative estimate of drug-likeness (QED) is 0.503. The molecule has 10 nitrogen and oxygen atoms in total. The van der Waals surface area contributed by atoms with Gasteiger partial charge in [-0.25, -0.2) is 23.2 Å². The summed E-state index contributed by atoms with van der Waals surface area (Å²) in [6, 6.07) is 11.9. The summed E-state index contributed by atoms with van der Waals surface area (Å²) in [5.74, 6) is 1.12. The Kier molecular flexibility index (Phi) is 5.84. The standard InChI is InChI=1S/C26H28N6O4S/c27-25(33)32(20-5-6-20)19-3-1-18(2-4-19)24-29-22(17-23(30-24)31-13-15-36-16-14-31)26(9-10-26)37(34,35)21-7-11-28-12-8-21/h1-4,7-8,11-12,17,20H,5-6,9-10,13-16H2,(H2,27,33). The molecule has 0 bridgehead atoms. The molecule has 2 saturated carbocycles. The number of hydrogen-bond acceptors (Lipinski definition) is 8. The van der Waals surface area contributed by atoms with E-state index in [1.807, 2.05) is 30.3 Å². The number of amides is 2. The molecule has 1 aromatic carbocycles. The highest BCUT2D eigenvalue weighted by atomic mass is 32.2. The van der Waals surface area contributed by atoms with Crippen LogP contribution in [0, 0.1) is 0 Å². The van der Waals surface area contributed by atoms with E-state index >= 15 is 0 Å². The molecule has 192 valence electrons. The fraction of sp³-hybridized carbons (Fsp3) is 0.385. The molecule has 3 fully saturated rings. The van der Waals surface area contributed by atoms with E-state index in [2.05, 4.69) is 9.88 Å². The highest BCUT2D eigenvalue weighted by Gasteiger charge is 2.58. The predicted molar refractivity (Wildman–Crippen MR) is 138 cm³/mol. The maximum Gasteiger partial charge on any atom is 0.319 e. The van der Waals surface area contributed by atoms with Crippen LogP contribution in [-0.4, -0.2) is 61.7 Å². The first-order valence-corrected chi connectivity index (χ1v) is 13.9. The number of anilines is 2. The second-order valence-corrected chi connectivity index (χ2v) is 12.0. The monoisotopic (exact) mass is 520 g/mol. The van der Waals surface area contributed by atoms with Crippen LogP contribution in [0.3, 0.4) is 0 Å². The molecule has 0 radical (unpaired) electrons. The number of urea groups is 1. The van der Waals surface area contributed by atoms with Gasteiger partial charge in [-0.1, -0.05) is 0 Å². The van der Waals surface area contributed by atoms with Crippen molar-refractivity contribution < 1.29 is 17.9 Å². The number of primary amides is 1. The lowest BCUT2D eigenvalue weighted by Crippen LogP contribution is -2.37. The van der Waals surface area contributed by atoms with Crippen molar-refractivity contribution in [1.29, 1.82) is 0 Å². The number of hydrogen-bond donors (Lipinski definition) is 1. The van der Waals surface area contributed by atoms with E-state index in [9.17, 15) is 13.2 Å². The number of sulfone groups is 1. The minimum absolute atomic E-state index is 0.143. The Bertz CT molecular complexity index is 1420. The molecule has 3 aliphatic rings. The molecule has 0 unspecified atom stereocenters. The van der Waals surface area contributed by atoms with Crippen molar-refractivity contribution in [2.75, 3.05) is 36.1 Å². The van der Waals surface area contributed by atoms with E-state index in [1.165, 1.54) is 24.5 Å². The third kappa shape index (κ3) is 4.31. The van der Waals surface area contributed by atoms with E-state index in [0.717, 1.165) is 24.1 Å². The second kappa shape index (κ2) is 9.07. The summed E-state index contributed by atoms with van der Waals surface area (Å²) in [4.78, 5) is 29.5. The van der Waals surface area contributed by atoms with E-state index < -0.39 is 20.6 Å². The van der Waals surface area contributed by atoms with Crippen LogP contribution in [0.4, 0.5) is 16.3 Å². The first-order valence-electron chi connectivity index (χ1n) is 12.5. The molecule has 6 rings (SSSR count). The molecule has 11 heteroatoms. The number of benzene rings is 1. The van der Waals surface area contributed by atoms with Gasteiger partial charge < -0.3 is 15.4 Å². The summed E-state index contributed by atoms with van der Waals surface area (Å²) in [5.41, 5.74) is 7.57. The van der Waals surface area contributed by atoms with Gasteiger partial charge in [-0.2, -0.15) is 0 Å². The van der Waals surface area contributed by atoms with Crippen LogP contribution in [0.2, 0.25) is 0 Å². The van der Waals surface area contributed by atoms with Crippen LogP contribution in [0.1, 0.15) is 31.4 Å². The Morgan fingerprint density at radius 3 is 2.30 bits per heavy atom. The molecule has 0 atom stereocenters. The predicted octanol–water partition coefficient (Wildman–Crippen LogP) is 2.89. The van der Waals surface area contributed by atoms with Gasteiger partial charge >= 0.3 is 6.03 Å². The topological polar surface area (TPSA) is 132 Å². The van der Waals surface area contributed by atoms with Crippen LogP contribution in [-0.2, 0) is 19.3 Å². The van der Waals surface area contributed by atoms with E-state index in [1.54, 1.807) is 4.90 Å². The number of aromatic nitrogens is 3. The smallest absolute Gasteiger partial charge is 0.319 e. The largest absolute Gasteiger partial charge is 0.378 e. The lowest BCUT2D eigenvalue weighted by atomic mass is 10.1. The number of nitrogens with zero attached hydrogens (tertiary/aromatic N) is 5. The maximum absolute atomic E-state index is 13.7. The third-order valence-electron chi connectivity index (χ3n) is 7.25. The first-order chi connectivity index (χ1) is 17.9. The van der Waals surface area contributed by atoms with Crippen molar-refractivity contribution in [3.63, 3.8) is 0 Å². The number of nitrogens with two attached hydrogens (primary N) is 1. The number of carbonyl (C=O) groups is 1. The van der Waals surface area contributed by atoms with Crippen molar-refractivity contribution in [1.82, 2.24) is 15.0 Å². The molecule has 2 aliphatic carbocycles. The van der Waals surface area contributed by atoms with Crippen LogP contribution in [0.5, 0.6) is 0 Å². The van der Waals surface area contributed by atoms with Gasteiger partial charge in [-0.05, 0) is 62.1 Å². The van der Waals surface area contributed by atoms with Crippen LogP contribution in [0.25, 0.3) is 11.4 Å². The zero-order valence-corrected chi connectivity index (χ0v) is 21.1. The van der Waals surface area contributed by atoms with E-state index in [4.69, 9.17) is 20.4 Å². The van der Waals surface area contributed by atoms with Gasteiger partial charge in [0, 0.05) is 48.8 Å². The lowest BCUT2D eigenvalue weighted by Gasteiger charge is -2.29. The number of rotatable bonds is 7. The van der Waals surface area contributed by atoms with Gasteiger partial charge in [-0.15, -0.1) is 0 Å². The molecule has 3 heterocycles. The summed E-state index contributed by atoms with van der Waals surface area (Å²) < 4.78 is 31.9. The van der Waals surface area contributed by atoms with Gasteiger partial charge in [0.05, 0.1) is 23.8 Å².